The number of hydrogen-bond acceptors (Lipinski definition) is 0. The fourth-order valence-electron chi connectivity index (χ4n) is 0.0357. The van der Waals surface area contributed by atoms with Crippen LogP contribution in [0.25, 0.3) is 0 Å². The molecule has 0 fully saturated rings. The van der Waals surface area contributed by atoms with Crippen LogP contribution in [-0.4, -0.2) is 10.3 Å². The Morgan fingerprint density at radius 3 is 2.33 bits per heavy atom. The first kappa shape index (κ1) is 7.50. The molecule has 0 unspecified atom stereocenters. The summed E-state index contributed by atoms with van der Waals surface area (Å²) in [5.74, 6) is 0.628. The van der Waals surface area contributed by atoms with Gasteiger partial charge >= 0.3 is 0 Å². The van der Waals surface area contributed by atoms with Crippen LogP contribution in [0.4, 0.5) is 0 Å². The van der Waals surface area contributed by atoms with Crippen molar-refractivity contribution in [2.45, 2.75) is 0 Å². The molecule has 0 amide bonds. The van der Waals surface area contributed by atoms with Gasteiger partial charge in [0.05, 0.1) is 4.83 Å². The van der Waals surface area contributed by atoms with Crippen molar-refractivity contribution >= 4 is 50.1 Å². The zero-order valence-electron chi connectivity index (χ0n) is 3.05. The second kappa shape index (κ2) is 4.65. The van der Waals surface area contributed by atoms with Crippen LogP contribution in [-0.2, 0) is 0 Å². The summed E-state index contributed by atoms with van der Waals surface area (Å²) in [6.45, 7) is 0. The fourth-order valence-corrected chi connectivity index (χ4v) is 0.719. The zero-order valence-corrected chi connectivity index (χ0v) is 7.55. The molecule has 0 heterocycles. The van der Waals surface area contributed by atoms with Crippen molar-refractivity contribution in [2.24, 2.45) is 0 Å². The van der Waals surface area contributed by atoms with Crippen molar-refractivity contribution < 1.29 is 0 Å². The van der Waals surface area contributed by atoms with Gasteiger partial charge in [0.15, 0.2) is 0 Å². The van der Waals surface area contributed by atoms with Gasteiger partial charge in [0.25, 0.3) is 0 Å². The molecule has 0 saturated carbocycles. The minimum Gasteiger partial charge on any atom is -0.125 e. The van der Waals surface area contributed by atoms with E-state index in [0.717, 1.165) is 9.25 Å². The Morgan fingerprint density at radius 2 is 2.33 bits per heavy atom. The number of halogens is 3. The van der Waals surface area contributed by atoms with Gasteiger partial charge in [-0.1, -0.05) is 38.5 Å². The summed E-state index contributed by atoms with van der Waals surface area (Å²) in [6, 6.07) is 0. The highest BCUT2D eigenvalue weighted by Crippen LogP contribution is 2.13. The first-order chi connectivity index (χ1) is 2.81. The Balaban J connectivity index is 2.75. The molecule has 0 bridgehead atoms. The Hall–Kier alpha value is 1.50. The van der Waals surface area contributed by atoms with Gasteiger partial charge in [-0.05, 0) is 0 Å². The van der Waals surface area contributed by atoms with E-state index in [0.29, 0.717) is 5.88 Å². The van der Waals surface area contributed by atoms with Gasteiger partial charge in [-0.2, -0.15) is 0 Å². The minimum absolute atomic E-state index is 0.628. The highest BCUT2D eigenvalue weighted by molar-refractivity contribution is 14.1. The normalized spacial score (nSPS) is 10.0. The average molecular weight is 282 g/mol. The molecule has 0 nitrogen and oxygen atoms in total. The SMILES string of the molecule is ClC[C](Br)CI. The summed E-state index contributed by atoms with van der Waals surface area (Å²) in [5, 5.41) is 0. The number of alkyl halides is 2. The van der Waals surface area contributed by atoms with Crippen LogP contribution in [0.15, 0.2) is 0 Å². The second-order valence-electron chi connectivity index (χ2n) is 0.785. The van der Waals surface area contributed by atoms with Crippen molar-refractivity contribution in [3.63, 3.8) is 0 Å². The molecule has 0 aromatic rings. The molecule has 0 aromatic heterocycles. The molecule has 6 heavy (non-hydrogen) atoms. The smallest absolute Gasteiger partial charge is 0.0653 e. The minimum atomic E-state index is 0.628. The molecule has 0 rings (SSSR count). The Labute approximate surface area is 64.9 Å². The predicted molar refractivity (Wildman–Crippen MR) is 41.8 cm³/mol. The third-order valence-electron chi connectivity index (χ3n) is 0.290. The number of rotatable bonds is 2. The summed E-state index contributed by atoms with van der Waals surface area (Å²) in [6.07, 6.45) is 0. The van der Waals surface area contributed by atoms with E-state index < -0.39 is 0 Å². The topological polar surface area (TPSA) is 0 Å². The van der Waals surface area contributed by atoms with Gasteiger partial charge < -0.3 is 0 Å². The third-order valence-corrected chi connectivity index (χ3v) is 3.47. The summed E-state index contributed by atoms with van der Waals surface area (Å²) in [7, 11) is 0. The highest BCUT2D eigenvalue weighted by atomic mass is 127. The van der Waals surface area contributed by atoms with Crippen LogP contribution >= 0.6 is 50.1 Å². The first-order valence-corrected chi connectivity index (χ1v) is 4.28. The largest absolute Gasteiger partial charge is 0.125 e. The Morgan fingerprint density at radius 1 is 1.83 bits per heavy atom. The van der Waals surface area contributed by atoms with Crippen LogP contribution in [0, 0.1) is 4.83 Å². The molecule has 0 aliphatic carbocycles. The Kier molecular flexibility index (Phi) is 5.82. The number of hydrogen-bond donors (Lipinski definition) is 0. The molecule has 0 saturated heterocycles. The van der Waals surface area contributed by atoms with Gasteiger partial charge in [0.2, 0.25) is 0 Å². The maximum Gasteiger partial charge on any atom is 0.0653 e. The summed E-state index contributed by atoms with van der Waals surface area (Å²) in [5.41, 5.74) is 0. The molecule has 37 valence electrons. The van der Waals surface area contributed by atoms with E-state index in [9.17, 15) is 0 Å². The summed E-state index contributed by atoms with van der Waals surface area (Å²) < 4.78 is 1.00. The highest BCUT2D eigenvalue weighted by Gasteiger charge is 1.95. The monoisotopic (exact) mass is 281 g/mol. The van der Waals surface area contributed by atoms with E-state index in [4.69, 9.17) is 11.6 Å². The van der Waals surface area contributed by atoms with Crippen LogP contribution < -0.4 is 0 Å². The van der Waals surface area contributed by atoms with Gasteiger partial charge in [0, 0.05) is 10.3 Å². The van der Waals surface area contributed by atoms with E-state index >= 15 is 0 Å². The predicted octanol–water partition coefficient (Wildman–Crippen LogP) is 2.59. The van der Waals surface area contributed by atoms with Gasteiger partial charge in [0.1, 0.15) is 0 Å². The van der Waals surface area contributed by atoms with Crippen LogP contribution in [0.1, 0.15) is 0 Å². The molecule has 3 heteroatoms. The van der Waals surface area contributed by atoms with E-state index in [-0.39, 0.29) is 0 Å². The lowest BCUT2D eigenvalue weighted by molar-refractivity contribution is 1.42. The molecule has 0 aromatic carbocycles. The van der Waals surface area contributed by atoms with E-state index in [1.54, 1.807) is 0 Å². The van der Waals surface area contributed by atoms with E-state index in [1.165, 1.54) is 0 Å². The zero-order chi connectivity index (χ0) is 4.99. The lowest BCUT2D eigenvalue weighted by atomic mass is 10.6. The molecule has 0 N–H and O–H groups in total. The molecule has 0 aliphatic heterocycles. The van der Waals surface area contributed by atoms with Crippen molar-refractivity contribution in [3.05, 3.63) is 4.83 Å². The quantitative estimate of drug-likeness (QED) is 0.539. The standard InChI is InChI=1S/C3H4BrClI/c4-3(1-5)2-6/h1-2H2. The van der Waals surface area contributed by atoms with Gasteiger partial charge in [-0.25, -0.2) is 0 Å². The van der Waals surface area contributed by atoms with Gasteiger partial charge in [-0.15, -0.1) is 11.6 Å². The lowest BCUT2D eigenvalue weighted by Gasteiger charge is -1.92. The molecular weight excluding hydrogens is 278 g/mol. The maximum atomic E-state index is 5.36. The third kappa shape index (κ3) is 3.68. The van der Waals surface area contributed by atoms with Gasteiger partial charge in [-0.3, -0.25) is 0 Å². The second-order valence-corrected chi connectivity index (χ2v) is 2.94. The first-order valence-electron chi connectivity index (χ1n) is 1.43. The molecular formula is C3H4BrClI. The lowest BCUT2D eigenvalue weighted by Crippen LogP contribution is -1.86. The van der Waals surface area contributed by atoms with Crippen LogP contribution in [0.3, 0.4) is 0 Å². The fraction of sp³-hybridized carbons (Fsp3) is 0.667. The van der Waals surface area contributed by atoms with Crippen LogP contribution in [0.5, 0.6) is 0 Å². The molecule has 0 atom stereocenters. The average Bonchev–Trinajstić information content (AvgIpc) is 1.65. The summed E-state index contributed by atoms with van der Waals surface area (Å²) >= 11 is 10.9. The van der Waals surface area contributed by atoms with Crippen molar-refractivity contribution in [1.29, 1.82) is 0 Å². The molecule has 0 spiro atoms. The summed E-state index contributed by atoms with van der Waals surface area (Å²) in [4.78, 5) is 1.16. The van der Waals surface area contributed by atoms with Crippen LogP contribution in [0.2, 0.25) is 0 Å². The van der Waals surface area contributed by atoms with Crippen molar-refractivity contribution in [3.8, 4) is 0 Å². The van der Waals surface area contributed by atoms with E-state index in [2.05, 4.69) is 38.5 Å². The maximum absolute atomic E-state index is 5.36. The van der Waals surface area contributed by atoms with E-state index in [1.807, 2.05) is 0 Å². The molecule has 0 aliphatic rings. The molecule has 1 radical (unpaired) electrons. The van der Waals surface area contributed by atoms with Crippen molar-refractivity contribution in [2.75, 3.05) is 10.3 Å². The Bertz CT molecular complexity index is 30.0. The van der Waals surface area contributed by atoms with Crippen molar-refractivity contribution in [1.82, 2.24) is 0 Å².